The van der Waals surface area contributed by atoms with Crippen LogP contribution in [-0.2, 0) is 4.79 Å². The van der Waals surface area contributed by atoms with Crippen molar-refractivity contribution in [2.45, 2.75) is 39.4 Å². The van der Waals surface area contributed by atoms with Crippen molar-refractivity contribution in [1.82, 2.24) is 9.97 Å². The van der Waals surface area contributed by atoms with E-state index in [0.717, 1.165) is 11.4 Å². The van der Waals surface area contributed by atoms with E-state index in [1.165, 1.54) is 0 Å². The van der Waals surface area contributed by atoms with Crippen LogP contribution in [0.5, 0.6) is 0 Å². The van der Waals surface area contributed by atoms with E-state index in [-0.39, 0.29) is 11.2 Å². The van der Waals surface area contributed by atoms with Crippen molar-refractivity contribution in [2.75, 3.05) is 5.75 Å². The van der Waals surface area contributed by atoms with Crippen molar-refractivity contribution in [3.8, 4) is 0 Å². The predicted molar refractivity (Wildman–Crippen MR) is 73.1 cm³/mol. The van der Waals surface area contributed by atoms with Crippen molar-refractivity contribution in [2.24, 2.45) is 11.8 Å². The Hall–Kier alpha value is -0.770. The number of Topliss-reactive ketones (excluding diaryl/α,β-unsaturated/α-hetero) is 1. The number of imidazole rings is 1. The second-order valence-corrected chi connectivity index (χ2v) is 6.28. The monoisotopic (exact) mass is 254 g/mol. The van der Waals surface area contributed by atoms with Crippen LogP contribution in [-0.4, -0.2) is 21.5 Å². The third-order valence-electron chi connectivity index (χ3n) is 2.53. The number of ketones is 1. The van der Waals surface area contributed by atoms with Crippen LogP contribution >= 0.6 is 11.8 Å². The van der Waals surface area contributed by atoms with E-state index in [1.807, 2.05) is 31.8 Å². The molecular formula is C13H22N2OS. The number of nitrogens with zero attached hydrogens (tertiary/aromatic N) is 1. The van der Waals surface area contributed by atoms with Crippen molar-refractivity contribution >= 4 is 17.5 Å². The number of rotatable bonds is 7. The Kier molecular flexibility index (Phi) is 5.75. The molecule has 0 bridgehead atoms. The zero-order chi connectivity index (χ0) is 12.8. The molecule has 0 spiro atoms. The number of hydrogen-bond acceptors (Lipinski definition) is 3. The fraction of sp³-hybridized carbons (Fsp3) is 0.692. The van der Waals surface area contributed by atoms with Gasteiger partial charge in [0.2, 0.25) is 0 Å². The van der Waals surface area contributed by atoms with Crippen molar-refractivity contribution < 1.29 is 4.79 Å². The normalized spacial score (nSPS) is 13.3. The van der Waals surface area contributed by atoms with E-state index in [9.17, 15) is 4.79 Å². The number of nitrogens with one attached hydrogen (secondary N) is 1. The van der Waals surface area contributed by atoms with Gasteiger partial charge in [-0.2, -0.15) is 11.8 Å². The smallest absolute Gasteiger partial charge is 0.136 e. The van der Waals surface area contributed by atoms with Gasteiger partial charge in [-0.25, -0.2) is 4.98 Å². The van der Waals surface area contributed by atoms with Gasteiger partial charge in [0.1, 0.15) is 5.78 Å². The molecule has 17 heavy (non-hydrogen) atoms. The molecule has 1 aromatic rings. The standard InChI is InChI=1S/C13H22N2OS/c1-9(2)7-17-13(5-12(16)10(3)4)11-6-14-8-15-11/h6,8-10,13H,5,7H2,1-4H3,(H,14,15). The SMILES string of the molecule is CC(C)CSC(CC(=O)C(C)C)c1cnc[nH]1. The summed E-state index contributed by atoms with van der Waals surface area (Å²) in [6, 6.07) is 0. The van der Waals surface area contributed by atoms with Crippen LogP contribution in [0.1, 0.15) is 45.1 Å². The molecule has 1 aromatic heterocycles. The lowest BCUT2D eigenvalue weighted by Crippen LogP contribution is -2.12. The summed E-state index contributed by atoms with van der Waals surface area (Å²) in [7, 11) is 0. The largest absolute Gasteiger partial charge is 0.348 e. The summed E-state index contributed by atoms with van der Waals surface area (Å²) in [5.41, 5.74) is 1.06. The lowest BCUT2D eigenvalue weighted by molar-refractivity contribution is -0.121. The molecule has 96 valence electrons. The van der Waals surface area contributed by atoms with Crippen LogP contribution in [0.3, 0.4) is 0 Å². The van der Waals surface area contributed by atoms with Crippen molar-refractivity contribution in [1.29, 1.82) is 0 Å². The molecule has 4 heteroatoms. The molecule has 0 aliphatic rings. The van der Waals surface area contributed by atoms with Crippen LogP contribution in [0.2, 0.25) is 0 Å². The van der Waals surface area contributed by atoms with E-state index in [4.69, 9.17) is 0 Å². The first-order valence-electron chi connectivity index (χ1n) is 6.13. The molecule has 0 radical (unpaired) electrons. The summed E-state index contributed by atoms with van der Waals surface area (Å²) in [4.78, 5) is 19.0. The summed E-state index contributed by atoms with van der Waals surface area (Å²) >= 11 is 1.84. The number of aromatic amines is 1. The van der Waals surface area contributed by atoms with Gasteiger partial charge >= 0.3 is 0 Å². The van der Waals surface area contributed by atoms with Gasteiger partial charge in [0, 0.05) is 24.2 Å². The molecule has 1 rings (SSSR count). The third-order valence-corrected chi connectivity index (χ3v) is 4.21. The van der Waals surface area contributed by atoms with E-state index in [0.29, 0.717) is 18.1 Å². The molecule has 1 unspecified atom stereocenters. The fourth-order valence-electron chi connectivity index (χ4n) is 1.43. The second-order valence-electron chi connectivity index (χ2n) is 5.05. The van der Waals surface area contributed by atoms with E-state index < -0.39 is 0 Å². The highest BCUT2D eigenvalue weighted by Gasteiger charge is 2.19. The molecule has 3 nitrogen and oxygen atoms in total. The average molecular weight is 254 g/mol. The molecule has 0 aliphatic heterocycles. The van der Waals surface area contributed by atoms with Crippen molar-refractivity contribution in [3.63, 3.8) is 0 Å². The van der Waals surface area contributed by atoms with Gasteiger partial charge in [-0.15, -0.1) is 0 Å². The van der Waals surface area contributed by atoms with Gasteiger partial charge < -0.3 is 4.98 Å². The lowest BCUT2D eigenvalue weighted by Gasteiger charge is -2.16. The van der Waals surface area contributed by atoms with Gasteiger partial charge in [0.05, 0.1) is 11.6 Å². The van der Waals surface area contributed by atoms with E-state index in [2.05, 4.69) is 23.8 Å². The molecule has 1 atom stereocenters. The van der Waals surface area contributed by atoms with Crippen LogP contribution in [0, 0.1) is 11.8 Å². The number of H-pyrrole nitrogens is 1. The summed E-state index contributed by atoms with van der Waals surface area (Å²) in [5, 5.41) is 0.217. The highest BCUT2D eigenvalue weighted by atomic mass is 32.2. The first kappa shape index (κ1) is 14.3. The fourth-order valence-corrected chi connectivity index (χ4v) is 2.64. The number of carbonyl (C=O) groups excluding carboxylic acids is 1. The average Bonchev–Trinajstić information content (AvgIpc) is 2.76. The van der Waals surface area contributed by atoms with Gasteiger partial charge in [0.25, 0.3) is 0 Å². The number of carbonyl (C=O) groups is 1. The number of hydrogen-bond donors (Lipinski definition) is 1. The Labute approximate surface area is 108 Å². The maximum atomic E-state index is 11.8. The maximum Gasteiger partial charge on any atom is 0.136 e. The molecule has 0 amide bonds. The first-order valence-corrected chi connectivity index (χ1v) is 7.18. The molecule has 0 fully saturated rings. The second kappa shape index (κ2) is 6.84. The molecule has 0 aliphatic carbocycles. The lowest BCUT2D eigenvalue weighted by atomic mass is 10.0. The Balaban J connectivity index is 2.63. The molecule has 1 N–H and O–H groups in total. The summed E-state index contributed by atoms with van der Waals surface area (Å²) in [5.74, 6) is 2.13. The summed E-state index contributed by atoms with van der Waals surface area (Å²) in [6.07, 6.45) is 4.10. The Morgan fingerprint density at radius 2 is 2.12 bits per heavy atom. The van der Waals surface area contributed by atoms with Crippen LogP contribution < -0.4 is 0 Å². The molecule has 0 aromatic carbocycles. The Morgan fingerprint density at radius 1 is 1.41 bits per heavy atom. The van der Waals surface area contributed by atoms with E-state index in [1.54, 1.807) is 6.33 Å². The molecule has 1 heterocycles. The Morgan fingerprint density at radius 3 is 2.59 bits per heavy atom. The van der Waals surface area contributed by atoms with E-state index >= 15 is 0 Å². The number of aromatic nitrogens is 2. The summed E-state index contributed by atoms with van der Waals surface area (Å²) in [6.45, 7) is 8.31. The minimum Gasteiger partial charge on any atom is -0.348 e. The van der Waals surface area contributed by atoms with Gasteiger partial charge in [-0.1, -0.05) is 27.7 Å². The van der Waals surface area contributed by atoms with Gasteiger partial charge in [-0.3, -0.25) is 4.79 Å². The third kappa shape index (κ3) is 4.94. The quantitative estimate of drug-likeness (QED) is 0.810. The minimum absolute atomic E-state index is 0.111. The molecule has 0 saturated heterocycles. The van der Waals surface area contributed by atoms with Gasteiger partial charge in [0.15, 0.2) is 0 Å². The zero-order valence-electron chi connectivity index (χ0n) is 11.1. The van der Waals surface area contributed by atoms with Crippen LogP contribution in [0.15, 0.2) is 12.5 Å². The first-order chi connectivity index (χ1) is 8.00. The zero-order valence-corrected chi connectivity index (χ0v) is 11.9. The molecule has 0 saturated carbocycles. The predicted octanol–water partition coefficient (Wildman–Crippen LogP) is 3.46. The Bertz CT molecular complexity index is 333. The van der Waals surface area contributed by atoms with Crippen LogP contribution in [0.25, 0.3) is 0 Å². The molecular weight excluding hydrogens is 232 g/mol. The van der Waals surface area contributed by atoms with Crippen molar-refractivity contribution in [3.05, 3.63) is 18.2 Å². The summed E-state index contributed by atoms with van der Waals surface area (Å²) < 4.78 is 0. The highest BCUT2D eigenvalue weighted by Crippen LogP contribution is 2.33. The number of thioether (sulfide) groups is 1. The minimum atomic E-state index is 0.111. The van der Waals surface area contributed by atoms with Crippen LogP contribution in [0.4, 0.5) is 0 Å². The maximum absolute atomic E-state index is 11.8. The highest BCUT2D eigenvalue weighted by molar-refractivity contribution is 7.99. The topological polar surface area (TPSA) is 45.8 Å². The van der Waals surface area contributed by atoms with Gasteiger partial charge in [-0.05, 0) is 11.7 Å².